The minimum absolute atomic E-state index is 0.872. The first-order chi connectivity index (χ1) is 17.1. The van der Waals surface area contributed by atoms with Crippen molar-refractivity contribution in [3.05, 3.63) is 82.5 Å². The summed E-state index contributed by atoms with van der Waals surface area (Å²) in [5.41, 5.74) is 8.71. The minimum Gasteiger partial charge on any atom is -0.496 e. The molecule has 0 N–H and O–H groups in total. The average Bonchev–Trinajstić information content (AvgIpc) is 2.90. The first-order valence-corrected chi connectivity index (χ1v) is 13.5. The van der Waals surface area contributed by atoms with Crippen LogP contribution in [0.1, 0.15) is 74.4 Å². The van der Waals surface area contributed by atoms with Crippen LogP contribution in [0.4, 0.5) is 0 Å². The molecule has 0 saturated heterocycles. The Morgan fingerprint density at radius 1 is 0.829 bits per heavy atom. The van der Waals surface area contributed by atoms with Crippen molar-refractivity contribution in [3.63, 3.8) is 0 Å². The van der Waals surface area contributed by atoms with Gasteiger partial charge in [-0.25, -0.2) is 0 Å². The molecule has 0 aliphatic carbocycles. The number of ether oxygens (including phenoxy) is 1. The predicted molar refractivity (Wildman–Crippen MR) is 149 cm³/mol. The van der Waals surface area contributed by atoms with E-state index >= 15 is 0 Å². The third-order valence-corrected chi connectivity index (χ3v) is 7.03. The number of rotatable bonds is 14. The molecule has 0 radical (unpaired) electrons. The minimum atomic E-state index is 0.872. The van der Waals surface area contributed by atoms with E-state index in [2.05, 4.69) is 87.2 Å². The molecule has 1 aromatic heterocycles. The molecule has 0 saturated carbocycles. The number of hydrogen-bond acceptors (Lipinski definition) is 3. The molecule has 0 spiro atoms. The Bertz CT molecular complexity index is 1020. The van der Waals surface area contributed by atoms with Gasteiger partial charge in [-0.15, -0.1) is 0 Å². The monoisotopic (exact) mass is 472 g/mol. The van der Waals surface area contributed by atoms with Gasteiger partial charge < -0.3 is 4.74 Å². The maximum Gasteiger partial charge on any atom is 0.127 e. The van der Waals surface area contributed by atoms with Crippen LogP contribution >= 0.6 is 0 Å². The SMILES string of the molecule is CCCCCCN(CCc1ccccc1)Cc1c(OC)cc(-c2c(CC)cccc2CC)nc1C. The molecular formula is C32H44N2O. The lowest BCUT2D eigenvalue weighted by molar-refractivity contribution is 0.256. The van der Waals surface area contributed by atoms with E-state index in [1.54, 1.807) is 7.11 Å². The molecule has 35 heavy (non-hydrogen) atoms. The van der Waals surface area contributed by atoms with Crippen LogP contribution in [-0.2, 0) is 25.8 Å². The Labute approximate surface area is 213 Å². The zero-order chi connectivity index (χ0) is 25.0. The Morgan fingerprint density at radius 2 is 1.54 bits per heavy atom. The topological polar surface area (TPSA) is 25.4 Å². The number of nitrogens with zero attached hydrogens (tertiary/aromatic N) is 2. The number of hydrogen-bond donors (Lipinski definition) is 0. The van der Waals surface area contributed by atoms with Gasteiger partial charge in [0.2, 0.25) is 0 Å². The maximum absolute atomic E-state index is 5.98. The van der Waals surface area contributed by atoms with E-state index in [1.165, 1.54) is 53.5 Å². The fourth-order valence-electron chi connectivity index (χ4n) is 4.93. The average molecular weight is 473 g/mol. The first kappa shape index (κ1) is 26.9. The van der Waals surface area contributed by atoms with Crippen LogP contribution in [0.25, 0.3) is 11.3 Å². The fourth-order valence-corrected chi connectivity index (χ4v) is 4.93. The lowest BCUT2D eigenvalue weighted by Crippen LogP contribution is -2.27. The van der Waals surface area contributed by atoms with Crippen LogP contribution in [0.5, 0.6) is 5.75 Å². The second-order valence-corrected chi connectivity index (χ2v) is 9.50. The van der Waals surface area contributed by atoms with Crippen molar-refractivity contribution in [3.8, 4) is 17.0 Å². The molecular weight excluding hydrogens is 428 g/mol. The summed E-state index contributed by atoms with van der Waals surface area (Å²) >= 11 is 0. The van der Waals surface area contributed by atoms with E-state index in [0.717, 1.165) is 56.0 Å². The van der Waals surface area contributed by atoms with Crippen molar-refractivity contribution in [2.75, 3.05) is 20.2 Å². The van der Waals surface area contributed by atoms with Crippen LogP contribution < -0.4 is 4.74 Å². The van der Waals surface area contributed by atoms with E-state index < -0.39 is 0 Å². The van der Waals surface area contributed by atoms with Gasteiger partial charge in [0.15, 0.2) is 0 Å². The molecule has 188 valence electrons. The van der Waals surface area contributed by atoms with Gasteiger partial charge in [0.1, 0.15) is 5.75 Å². The summed E-state index contributed by atoms with van der Waals surface area (Å²) in [5, 5.41) is 0. The van der Waals surface area contributed by atoms with Gasteiger partial charge in [-0.05, 0) is 55.8 Å². The van der Waals surface area contributed by atoms with Crippen LogP contribution in [0.3, 0.4) is 0 Å². The Balaban J connectivity index is 1.88. The van der Waals surface area contributed by atoms with Gasteiger partial charge in [-0.2, -0.15) is 0 Å². The van der Waals surface area contributed by atoms with E-state index in [9.17, 15) is 0 Å². The second kappa shape index (κ2) is 14.0. The molecule has 3 heteroatoms. The molecule has 3 aromatic rings. The molecule has 0 atom stereocenters. The van der Waals surface area contributed by atoms with Crippen LogP contribution in [0.2, 0.25) is 0 Å². The van der Waals surface area contributed by atoms with Crippen LogP contribution in [-0.4, -0.2) is 30.1 Å². The summed E-state index contributed by atoms with van der Waals surface area (Å²) in [5.74, 6) is 0.957. The molecule has 0 amide bonds. The van der Waals surface area contributed by atoms with Gasteiger partial charge in [-0.1, -0.05) is 88.6 Å². The lowest BCUT2D eigenvalue weighted by Gasteiger charge is -2.25. The molecule has 3 nitrogen and oxygen atoms in total. The number of unbranched alkanes of at least 4 members (excludes halogenated alkanes) is 3. The molecule has 0 bridgehead atoms. The molecule has 0 fully saturated rings. The first-order valence-electron chi connectivity index (χ1n) is 13.5. The highest BCUT2D eigenvalue weighted by molar-refractivity contribution is 5.70. The zero-order valence-electron chi connectivity index (χ0n) is 22.6. The van der Waals surface area contributed by atoms with E-state index in [4.69, 9.17) is 9.72 Å². The van der Waals surface area contributed by atoms with Crippen LogP contribution in [0.15, 0.2) is 54.6 Å². The smallest absolute Gasteiger partial charge is 0.127 e. The van der Waals surface area contributed by atoms with Gasteiger partial charge in [0.25, 0.3) is 0 Å². The Kier molecular flexibility index (Phi) is 10.8. The summed E-state index contributed by atoms with van der Waals surface area (Å²) in [6, 6.07) is 19.6. The van der Waals surface area contributed by atoms with Crippen molar-refractivity contribution < 1.29 is 4.74 Å². The van der Waals surface area contributed by atoms with E-state index in [1.807, 2.05) is 0 Å². The van der Waals surface area contributed by atoms with Crippen molar-refractivity contribution in [1.29, 1.82) is 0 Å². The zero-order valence-corrected chi connectivity index (χ0v) is 22.6. The van der Waals surface area contributed by atoms with Gasteiger partial charge >= 0.3 is 0 Å². The normalized spacial score (nSPS) is 11.3. The molecule has 1 heterocycles. The molecule has 3 rings (SSSR count). The fraction of sp³-hybridized carbons (Fsp3) is 0.469. The van der Waals surface area contributed by atoms with Crippen molar-refractivity contribution >= 4 is 0 Å². The number of aromatic nitrogens is 1. The summed E-state index contributed by atoms with van der Waals surface area (Å²) in [4.78, 5) is 7.73. The highest BCUT2D eigenvalue weighted by Gasteiger charge is 2.18. The number of benzene rings is 2. The summed E-state index contributed by atoms with van der Waals surface area (Å²) in [7, 11) is 1.80. The Morgan fingerprint density at radius 3 is 2.17 bits per heavy atom. The highest BCUT2D eigenvalue weighted by atomic mass is 16.5. The second-order valence-electron chi connectivity index (χ2n) is 9.50. The standard InChI is InChI=1S/C32H44N2O/c1-6-9-10-14-21-34(22-20-26-16-12-11-13-17-26)24-29-25(4)33-30(23-31(29)35-5)32-27(7-2)18-15-19-28(32)8-3/h11-13,15-19,23H,6-10,14,20-22,24H2,1-5H3. The van der Waals surface area contributed by atoms with Crippen molar-refractivity contribution in [1.82, 2.24) is 9.88 Å². The van der Waals surface area contributed by atoms with Gasteiger partial charge in [0, 0.05) is 36.0 Å². The molecule has 2 aromatic carbocycles. The molecule has 0 unspecified atom stereocenters. The predicted octanol–water partition coefficient (Wildman–Crippen LogP) is 7.82. The maximum atomic E-state index is 5.98. The number of aryl methyl sites for hydroxylation is 3. The molecule has 0 aliphatic heterocycles. The van der Waals surface area contributed by atoms with E-state index in [0.29, 0.717) is 0 Å². The van der Waals surface area contributed by atoms with Crippen molar-refractivity contribution in [2.45, 2.75) is 79.2 Å². The molecule has 0 aliphatic rings. The van der Waals surface area contributed by atoms with Gasteiger partial charge in [-0.3, -0.25) is 9.88 Å². The number of methoxy groups -OCH3 is 1. The third-order valence-electron chi connectivity index (χ3n) is 7.03. The van der Waals surface area contributed by atoms with Crippen LogP contribution in [0, 0.1) is 6.92 Å². The number of pyridine rings is 1. The summed E-state index contributed by atoms with van der Waals surface area (Å²) in [6.45, 7) is 11.9. The quantitative estimate of drug-likeness (QED) is 0.224. The third kappa shape index (κ3) is 7.41. The lowest BCUT2D eigenvalue weighted by atomic mass is 9.94. The Hall–Kier alpha value is -2.65. The largest absolute Gasteiger partial charge is 0.496 e. The highest BCUT2D eigenvalue weighted by Crippen LogP contribution is 2.33. The van der Waals surface area contributed by atoms with E-state index in [-0.39, 0.29) is 0 Å². The van der Waals surface area contributed by atoms with Crippen molar-refractivity contribution in [2.24, 2.45) is 0 Å². The summed E-state index contributed by atoms with van der Waals surface area (Å²) < 4.78 is 5.98. The summed E-state index contributed by atoms with van der Waals surface area (Å²) in [6.07, 6.45) is 8.16. The van der Waals surface area contributed by atoms with Gasteiger partial charge in [0.05, 0.1) is 12.8 Å².